The Morgan fingerprint density at radius 3 is 3.09 bits per heavy atom. The fourth-order valence-corrected chi connectivity index (χ4v) is 1.48. The van der Waals surface area contributed by atoms with Crippen LogP contribution >= 0.6 is 15.9 Å². The van der Waals surface area contributed by atoms with Crippen LogP contribution in [0.15, 0.2) is 34.3 Å². The summed E-state index contributed by atoms with van der Waals surface area (Å²) in [7, 11) is 2.05. The van der Waals surface area contributed by atoms with Crippen LogP contribution in [0.25, 0.3) is 0 Å². The lowest BCUT2D eigenvalue weighted by Gasteiger charge is -2.24. The Hall–Kier alpha value is -0.740. The van der Waals surface area contributed by atoms with Crippen molar-refractivity contribution in [3.05, 3.63) is 24.3 Å². The van der Waals surface area contributed by atoms with E-state index in [0.717, 1.165) is 10.4 Å². The maximum absolute atomic E-state index is 4.15. The van der Waals surface area contributed by atoms with Crippen LogP contribution in [-0.2, 0) is 0 Å². The highest BCUT2D eigenvalue weighted by Crippen LogP contribution is 2.26. The Bertz CT molecular complexity index is 314. The molecular formula is C7H7BrN3+. The molecule has 56 valence electrons. The van der Waals surface area contributed by atoms with E-state index in [-0.39, 0.29) is 0 Å². The molecule has 0 saturated heterocycles. The van der Waals surface area contributed by atoms with E-state index in [4.69, 9.17) is 0 Å². The van der Waals surface area contributed by atoms with Crippen molar-refractivity contribution >= 4 is 26.9 Å². The average molecular weight is 213 g/mol. The van der Waals surface area contributed by atoms with Crippen molar-refractivity contribution in [2.45, 2.75) is 0 Å². The fraction of sp³-hybridized carbons (Fsp3) is 0.143. The van der Waals surface area contributed by atoms with Gasteiger partial charge >= 0.3 is 0 Å². The second-order valence-corrected chi connectivity index (χ2v) is 3.31. The summed E-state index contributed by atoms with van der Waals surface area (Å²) in [6.45, 7) is 0. The Balaban J connectivity index is 2.52. The molecule has 0 radical (unpaired) electrons. The SMILES string of the molecule is C[N+]12C=CN=CC1=CN=C2Br. The van der Waals surface area contributed by atoms with Gasteiger partial charge in [-0.25, -0.2) is 4.48 Å². The van der Waals surface area contributed by atoms with Gasteiger partial charge in [-0.3, -0.25) is 4.99 Å². The summed E-state index contributed by atoms with van der Waals surface area (Å²) in [5.41, 5.74) is 1.08. The van der Waals surface area contributed by atoms with Gasteiger partial charge in [0, 0.05) is 15.9 Å². The van der Waals surface area contributed by atoms with Gasteiger partial charge in [0.1, 0.15) is 6.20 Å². The predicted molar refractivity (Wildman–Crippen MR) is 48.3 cm³/mol. The van der Waals surface area contributed by atoms with Gasteiger partial charge in [0.05, 0.1) is 25.7 Å². The molecule has 1 unspecified atom stereocenters. The summed E-state index contributed by atoms with van der Waals surface area (Å²) in [6, 6.07) is 0. The molecule has 0 aromatic carbocycles. The lowest BCUT2D eigenvalue weighted by Crippen LogP contribution is -2.39. The van der Waals surface area contributed by atoms with E-state index >= 15 is 0 Å². The molecule has 0 N–H and O–H groups in total. The van der Waals surface area contributed by atoms with Gasteiger partial charge in [-0.1, -0.05) is 0 Å². The molecule has 0 aromatic heterocycles. The number of quaternary nitrogens is 1. The van der Waals surface area contributed by atoms with Gasteiger partial charge in [0.25, 0.3) is 4.74 Å². The molecule has 0 spiro atoms. The van der Waals surface area contributed by atoms with E-state index < -0.39 is 0 Å². The molecule has 2 rings (SSSR count). The van der Waals surface area contributed by atoms with Crippen LogP contribution in [0.1, 0.15) is 0 Å². The monoisotopic (exact) mass is 212 g/mol. The largest absolute Gasteiger partial charge is 0.281 e. The first kappa shape index (κ1) is 6.94. The molecule has 0 saturated carbocycles. The third kappa shape index (κ3) is 0.829. The lowest BCUT2D eigenvalue weighted by atomic mass is 10.4. The molecule has 11 heavy (non-hydrogen) atoms. The molecule has 1 atom stereocenters. The van der Waals surface area contributed by atoms with Gasteiger partial charge in [-0.2, -0.15) is 4.99 Å². The maximum atomic E-state index is 4.15. The molecule has 4 heteroatoms. The first-order valence-electron chi connectivity index (χ1n) is 3.25. The Kier molecular flexibility index (Phi) is 1.34. The van der Waals surface area contributed by atoms with Crippen LogP contribution in [0.4, 0.5) is 0 Å². The smallest absolute Gasteiger partial charge is 0.253 e. The van der Waals surface area contributed by atoms with Crippen LogP contribution in [-0.4, -0.2) is 22.5 Å². The predicted octanol–water partition coefficient (Wildman–Crippen LogP) is 1.59. The summed E-state index contributed by atoms with van der Waals surface area (Å²) < 4.78 is 1.50. The zero-order valence-corrected chi connectivity index (χ0v) is 7.62. The number of hydrogen-bond acceptors (Lipinski definition) is 2. The summed E-state index contributed by atoms with van der Waals surface area (Å²) >= 11 is 3.39. The minimum atomic E-state index is 0.601. The number of allylic oxidation sites excluding steroid dienone is 1. The van der Waals surface area contributed by atoms with Gasteiger partial charge < -0.3 is 0 Å². The van der Waals surface area contributed by atoms with E-state index in [1.807, 2.05) is 25.7 Å². The van der Waals surface area contributed by atoms with Crippen molar-refractivity contribution in [3.63, 3.8) is 0 Å². The number of rotatable bonds is 0. The molecule has 0 bridgehead atoms. The highest BCUT2D eigenvalue weighted by Gasteiger charge is 2.35. The summed E-state index contributed by atoms with van der Waals surface area (Å²) in [5.74, 6) is 0. The van der Waals surface area contributed by atoms with Crippen molar-refractivity contribution in [2.24, 2.45) is 9.98 Å². The standard InChI is InChI=1S/C7H7BrN3/c1-11-3-2-9-4-6(11)5-10-7(11)8/h2-5H,1H3/q+1. The second kappa shape index (κ2) is 2.12. The molecule has 3 nitrogen and oxygen atoms in total. The normalized spacial score (nSPS) is 33.3. The highest BCUT2D eigenvalue weighted by atomic mass is 79.9. The highest BCUT2D eigenvalue weighted by molar-refractivity contribution is 9.18. The van der Waals surface area contributed by atoms with Crippen molar-refractivity contribution in [1.29, 1.82) is 0 Å². The number of nitrogens with zero attached hydrogens (tertiary/aromatic N) is 3. The number of halogens is 1. The van der Waals surface area contributed by atoms with Crippen LogP contribution in [0.2, 0.25) is 0 Å². The molecule has 0 aliphatic carbocycles. The Labute approximate surface area is 73.2 Å². The summed E-state index contributed by atoms with van der Waals surface area (Å²) in [4.78, 5) is 8.17. The molecule has 2 heterocycles. The van der Waals surface area contributed by atoms with Crippen molar-refractivity contribution < 1.29 is 4.48 Å². The van der Waals surface area contributed by atoms with Crippen LogP contribution in [0, 0.1) is 0 Å². The topological polar surface area (TPSA) is 24.7 Å². The number of hydrogen-bond donors (Lipinski definition) is 0. The second-order valence-electron chi connectivity index (χ2n) is 2.60. The maximum Gasteiger partial charge on any atom is 0.281 e. The fourth-order valence-electron chi connectivity index (χ4n) is 1.06. The van der Waals surface area contributed by atoms with Crippen molar-refractivity contribution in [1.82, 2.24) is 0 Å². The van der Waals surface area contributed by atoms with E-state index in [0.29, 0.717) is 4.48 Å². The molecule has 0 amide bonds. The summed E-state index contributed by atoms with van der Waals surface area (Å²) in [5, 5.41) is 0. The number of amidine groups is 1. The molecule has 0 aromatic rings. The zero-order valence-electron chi connectivity index (χ0n) is 6.03. The van der Waals surface area contributed by atoms with Gasteiger partial charge in [-0.15, -0.1) is 0 Å². The zero-order chi connectivity index (χ0) is 7.90. The van der Waals surface area contributed by atoms with Crippen LogP contribution in [0.5, 0.6) is 0 Å². The van der Waals surface area contributed by atoms with E-state index in [2.05, 4.69) is 25.9 Å². The first-order valence-corrected chi connectivity index (χ1v) is 4.04. The first-order chi connectivity index (χ1) is 5.23. The van der Waals surface area contributed by atoms with E-state index in [1.165, 1.54) is 0 Å². The van der Waals surface area contributed by atoms with Crippen molar-refractivity contribution in [3.8, 4) is 0 Å². The Morgan fingerprint density at radius 2 is 2.36 bits per heavy atom. The van der Waals surface area contributed by atoms with Gasteiger partial charge in [0.2, 0.25) is 0 Å². The molecule has 0 fully saturated rings. The lowest BCUT2D eigenvalue weighted by molar-refractivity contribution is -0.709. The molecule has 2 aliphatic rings. The molecular weight excluding hydrogens is 206 g/mol. The van der Waals surface area contributed by atoms with Crippen LogP contribution < -0.4 is 0 Å². The van der Waals surface area contributed by atoms with E-state index in [1.54, 1.807) is 6.20 Å². The third-order valence-corrected chi connectivity index (χ3v) is 2.82. The number of aliphatic imine (C=N–C) groups is 2. The van der Waals surface area contributed by atoms with Gasteiger partial charge in [0.15, 0.2) is 5.70 Å². The number of fused-ring (bicyclic) bond motifs is 1. The van der Waals surface area contributed by atoms with Crippen molar-refractivity contribution in [2.75, 3.05) is 7.05 Å². The van der Waals surface area contributed by atoms with Crippen LogP contribution in [0.3, 0.4) is 0 Å². The quantitative estimate of drug-likeness (QED) is 0.431. The molecule has 2 aliphatic heterocycles. The summed E-state index contributed by atoms with van der Waals surface area (Å²) in [6.07, 6.45) is 7.39. The third-order valence-electron chi connectivity index (χ3n) is 1.88. The van der Waals surface area contributed by atoms with E-state index in [9.17, 15) is 0 Å². The Morgan fingerprint density at radius 1 is 1.55 bits per heavy atom. The minimum absolute atomic E-state index is 0.601. The average Bonchev–Trinajstić information content (AvgIpc) is 2.29. The van der Waals surface area contributed by atoms with Gasteiger partial charge in [-0.05, 0) is 0 Å². The minimum Gasteiger partial charge on any atom is -0.253 e.